The van der Waals surface area contributed by atoms with E-state index in [0.717, 1.165) is 17.1 Å². The Morgan fingerprint density at radius 3 is 2.16 bits per heavy atom. The maximum absolute atomic E-state index is 11.1. The Hall–Kier alpha value is -3.11. The van der Waals surface area contributed by atoms with Crippen LogP contribution in [-0.2, 0) is 17.9 Å². The van der Waals surface area contributed by atoms with E-state index >= 15 is 0 Å². The average Bonchev–Trinajstić information content (AvgIpc) is 2.73. The molecular formula is C27H31NO3. The van der Waals surface area contributed by atoms with Gasteiger partial charge in [0.15, 0.2) is 0 Å². The van der Waals surface area contributed by atoms with E-state index in [9.17, 15) is 4.79 Å². The van der Waals surface area contributed by atoms with E-state index < -0.39 is 5.97 Å². The van der Waals surface area contributed by atoms with Crippen molar-refractivity contribution in [2.75, 3.05) is 6.54 Å². The lowest BCUT2D eigenvalue weighted by Gasteiger charge is -2.22. The van der Waals surface area contributed by atoms with Gasteiger partial charge < -0.3 is 9.84 Å². The molecule has 3 aromatic rings. The lowest BCUT2D eigenvalue weighted by molar-refractivity contribution is -0.137. The van der Waals surface area contributed by atoms with Gasteiger partial charge in [-0.2, -0.15) is 0 Å². The summed E-state index contributed by atoms with van der Waals surface area (Å²) >= 11 is 0. The Morgan fingerprint density at radius 1 is 0.903 bits per heavy atom. The number of hydrogen-bond donors (Lipinski definition) is 1. The fourth-order valence-corrected chi connectivity index (χ4v) is 3.56. The summed E-state index contributed by atoms with van der Waals surface area (Å²) in [6.07, 6.45) is 0.115. The Labute approximate surface area is 185 Å². The molecule has 0 aliphatic carbocycles. The number of nitrogens with zero attached hydrogens (tertiary/aromatic N) is 1. The van der Waals surface area contributed by atoms with Gasteiger partial charge >= 0.3 is 5.97 Å². The minimum Gasteiger partial charge on any atom is -0.481 e. The summed E-state index contributed by atoms with van der Waals surface area (Å²) < 4.78 is 6.05. The molecule has 0 radical (unpaired) electrons. The molecule has 0 fully saturated rings. The summed E-state index contributed by atoms with van der Waals surface area (Å²) in [4.78, 5) is 13.3. The smallest absolute Gasteiger partial charge is 0.304 e. The number of rotatable bonds is 10. The molecular weight excluding hydrogens is 386 g/mol. The van der Waals surface area contributed by atoms with E-state index in [1.165, 1.54) is 16.7 Å². The summed E-state index contributed by atoms with van der Waals surface area (Å²) in [7, 11) is 0. The van der Waals surface area contributed by atoms with Crippen molar-refractivity contribution >= 4 is 5.97 Å². The van der Waals surface area contributed by atoms with Crippen molar-refractivity contribution in [2.24, 2.45) is 0 Å². The maximum Gasteiger partial charge on any atom is 0.304 e. The van der Waals surface area contributed by atoms with Gasteiger partial charge in [0.05, 0.1) is 6.42 Å². The van der Waals surface area contributed by atoms with E-state index in [1.54, 1.807) is 0 Å². The van der Waals surface area contributed by atoms with Crippen molar-refractivity contribution in [3.8, 4) is 11.5 Å². The molecule has 0 aromatic heterocycles. The van der Waals surface area contributed by atoms with Crippen LogP contribution >= 0.6 is 0 Å². The molecule has 0 aliphatic rings. The predicted molar refractivity (Wildman–Crippen MR) is 125 cm³/mol. The molecule has 162 valence electrons. The lowest BCUT2D eigenvalue weighted by atomic mass is 10.0. The predicted octanol–water partition coefficient (Wildman–Crippen LogP) is 6.39. The highest BCUT2D eigenvalue weighted by Gasteiger charge is 2.11. The van der Waals surface area contributed by atoms with Crippen LogP contribution in [0.2, 0.25) is 0 Å². The fraction of sp³-hybridized carbons (Fsp3) is 0.296. The Balaban J connectivity index is 1.70. The molecule has 1 N–H and O–H groups in total. The Morgan fingerprint density at radius 2 is 1.55 bits per heavy atom. The van der Waals surface area contributed by atoms with Crippen LogP contribution in [0.4, 0.5) is 0 Å². The van der Waals surface area contributed by atoms with Gasteiger partial charge in [0.2, 0.25) is 0 Å². The van der Waals surface area contributed by atoms with Gasteiger partial charge in [0, 0.05) is 19.6 Å². The summed E-state index contributed by atoms with van der Waals surface area (Å²) in [5.74, 6) is 1.30. The van der Waals surface area contributed by atoms with Crippen LogP contribution in [-0.4, -0.2) is 22.5 Å². The van der Waals surface area contributed by atoms with Crippen LogP contribution in [0.15, 0.2) is 72.8 Å². The maximum atomic E-state index is 11.1. The third kappa shape index (κ3) is 7.26. The molecule has 3 rings (SSSR count). The van der Waals surface area contributed by atoms with Crippen molar-refractivity contribution in [1.82, 2.24) is 4.90 Å². The lowest BCUT2D eigenvalue weighted by Crippen LogP contribution is -2.25. The molecule has 0 saturated heterocycles. The van der Waals surface area contributed by atoms with Gasteiger partial charge in [0.25, 0.3) is 0 Å². The first kappa shape index (κ1) is 22.6. The molecule has 0 aliphatic heterocycles. The quantitative estimate of drug-likeness (QED) is 0.415. The van der Waals surface area contributed by atoms with E-state index in [0.29, 0.717) is 25.6 Å². The summed E-state index contributed by atoms with van der Waals surface area (Å²) in [5.41, 5.74) is 4.76. The molecule has 0 saturated carbocycles. The fourth-order valence-electron chi connectivity index (χ4n) is 3.56. The minimum atomic E-state index is -0.781. The SMILES string of the molecule is Cc1cccc(CN(CCC(=O)O)Cc2cccc(Oc3ccc(C(C)C)cc3)c2)c1. The van der Waals surface area contributed by atoms with Gasteiger partial charge in [-0.25, -0.2) is 0 Å². The van der Waals surface area contributed by atoms with Crippen molar-refractivity contribution in [1.29, 1.82) is 0 Å². The van der Waals surface area contributed by atoms with E-state index in [-0.39, 0.29) is 6.42 Å². The average molecular weight is 418 g/mol. The van der Waals surface area contributed by atoms with Gasteiger partial charge in [-0.3, -0.25) is 9.69 Å². The third-order valence-corrected chi connectivity index (χ3v) is 5.22. The van der Waals surface area contributed by atoms with Crippen molar-refractivity contribution in [2.45, 2.75) is 46.2 Å². The number of hydrogen-bond acceptors (Lipinski definition) is 3. The van der Waals surface area contributed by atoms with Crippen LogP contribution in [0.25, 0.3) is 0 Å². The summed E-state index contributed by atoms with van der Waals surface area (Å²) in [6, 6.07) is 24.5. The van der Waals surface area contributed by atoms with Crippen LogP contribution in [0.3, 0.4) is 0 Å². The van der Waals surface area contributed by atoms with Gasteiger partial charge in [0.1, 0.15) is 11.5 Å². The second-order valence-corrected chi connectivity index (χ2v) is 8.32. The zero-order chi connectivity index (χ0) is 22.2. The van der Waals surface area contributed by atoms with Crippen LogP contribution in [0.5, 0.6) is 11.5 Å². The number of benzene rings is 3. The monoisotopic (exact) mass is 417 g/mol. The highest BCUT2D eigenvalue weighted by atomic mass is 16.5. The van der Waals surface area contributed by atoms with Gasteiger partial charge in [-0.1, -0.05) is 67.9 Å². The van der Waals surface area contributed by atoms with Crippen LogP contribution < -0.4 is 4.74 Å². The molecule has 0 atom stereocenters. The first-order chi connectivity index (χ1) is 14.9. The van der Waals surface area contributed by atoms with Crippen molar-refractivity contribution < 1.29 is 14.6 Å². The molecule has 4 nitrogen and oxygen atoms in total. The molecule has 31 heavy (non-hydrogen) atoms. The zero-order valence-corrected chi connectivity index (χ0v) is 18.5. The van der Waals surface area contributed by atoms with Crippen molar-refractivity contribution in [3.63, 3.8) is 0 Å². The molecule has 0 unspecified atom stereocenters. The molecule has 0 bridgehead atoms. The topological polar surface area (TPSA) is 49.8 Å². The second-order valence-electron chi connectivity index (χ2n) is 8.32. The molecule has 3 aromatic carbocycles. The molecule has 0 heterocycles. The number of aryl methyl sites for hydroxylation is 1. The minimum absolute atomic E-state index is 0.115. The van der Waals surface area contributed by atoms with E-state index in [2.05, 4.69) is 62.1 Å². The normalized spacial score (nSPS) is 11.1. The van der Waals surface area contributed by atoms with Gasteiger partial charge in [-0.05, 0) is 53.8 Å². The van der Waals surface area contributed by atoms with Crippen molar-refractivity contribution in [3.05, 3.63) is 95.1 Å². The van der Waals surface area contributed by atoms with Gasteiger partial charge in [-0.15, -0.1) is 0 Å². The number of carboxylic acid groups (broad SMARTS) is 1. The number of ether oxygens (including phenoxy) is 1. The van der Waals surface area contributed by atoms with Crippen LogP contribution in [0, 0.1) is 6.92 Å². The Kier molecular flexibility index (Phi) is 7.85. The summed E-state index contributed by atoms with van der Waals surface area (Å²) in [5, 5.41) is 9.15. The molecule has 0 amide bonds. The molecule has 0 spiro atoms. The van der Waals surface area contributed by atoms with E-state index in [1.807, 2.05) is 36.4 Å². The standard InChI is InChI=1S/C27H31NO3/c1-20(2)24-10-12-25(13-11-24)31-26-9-5-8-23(17-26)19-28(15-14-27(29)30)18-22-7-4-6-21(3)16-22/h4-13,16-17,20H,14-15,18-19H2,1-3H3,(H,29,30). The highest BCUT2D eigenvalue weighted by molar-refractivity contribution is 5.66. The Bertz CT molecular complexity index is 995. The third-order valence-electron chi connectivity index (χ3n) is 5.22. The van der Waals surface area contributed by atoms with Crippen LogP contribution in [0.1, 0.15) is 48.4 Å². The number of aliphatic carboxylic acids is 1. The number of carboxylic acids is 1. The molecule has 4 heteroatoms. The number of carbonyl (C=O) groups is 1. The first-order valence-electron chi connectivity index (χ1n) is 10.8. The highest BCUT2D eigenvalue weighted by Crippen LogP contribution is 2.25. The first-order valence-corrected chi connectivity index (χ1v) is 10.8. The largest absolute Gasteiger partial charge is 0.481 e. The van der Waals surface area contributed by atoms with E-state index in [4.69, 9.17) is 9.84 Å². The summed E-state index contributed by atoms with van der Waals surface area (Å²) in [6.45, 7) is 8.27. The zero-order valence-electron chi connectivity index (χ0n) is 18.5. The second kappa shape index (κ2) is 10.8.